The van der Waals surface area contributed by atoms with E-state index in [-0.39, 0.29) is 5.91 Å². The van der Waals surface area contributed by atoms with Crippen molar-refractivity contribution in [2.75, 3.05) is 24.5 Å². The first-order chi connectivity index (χ1) is 12.8. The van der Waals surface area contributed by atoms with Gasteiger partial charge >= 0.3 is 6.09 Å². The number of carbonyl (C=O) groups excluding carboxylic acids is 1. The number of nitrogens with zero attached hydrogens (tertiary/aromatic N) is 2. The van der Waals surface area contributed by atoms with Gasteiger partial charge in [0.25, 0.3) is 0 Å². The Bertz CT molecular complexity index is 873. The van der Waals surface area contributed by atoms with Crippen LogP contribution in [0.15, 0.2) is 24.3 Å². The molecular weight excluding hydrogens is 368 g/mol. The first kappa shape index (κ1) is 19.2. The maximum Gasteiger partial charge on any atom is 0.405 e. The number of pyridine rings is 1. The minimum Gasteiger partial charge on any atom is -0.465 e. The molecule has 1 aromatic carbocycles. The number of hydrogen-bond donors (Lipinski definition) is 3. The van der Waals surface area contributed by atoms with E-state index >= 15 is 0 Å². The predicted octanol–water partition coefficient (Wildman–Crippen LogP) is 3.18. The highest BCUT2D eigenvalue weighted by Gasteiger charge is 2.27. The minimum atomic E-state index is -1.08. The monoisotopic (exact) mass is 390 g/mol. The second kappa shape index (κ2) is 8.00. The molecule has 144 valence electrons. The number of benzene rings is 1. The Morgan fingerprint density at radius 3 is 2.93 bits per heavy atom. The lowest BCUT2D eigenvalue weighted by atomic mass is 10.1. The van der Waals surface area contributed by atoms with Gasteiger partial charge < -0.3 is 20.6 Å². The van der Waals surface area contributed by atoms with Gasteiger partial charge in [-0.05, 0) is 31.4 Å². The molecule has 0 saturated carbocycles. The van der Waals surface area contributed by atoms with Crippen LogP contribution in [0.4, 0.5) is 10.6 Å². The van der Waals surface area contributed by atoms with Gasteiger partial charge in [-0.2, -0.15) is 0 Å². The molecule has 2 unspecified atom stereocenters. The van der Waals surface area contributed by atoms with Gasteiger partial charge in [-0.1, -0.05) is 23.7 Å². The Hall–Kier alpha value is -2.54. The van der Waals surface area contributed by atoms with Crippen LogP contribution in [-0.4, -0.2) is 41.7 Å². The summed E-state index contributed by atoms with van der Waals surface area (Å²) in [6.45, 7) is 5.47. The summed E-state index contributed by atoms with van der Waals surface area (Å²) < 4.78 is 0. The fourth-order valence-electron chi connectivity index (χ4n) is 3.48. The molecule has 3 N–H and O–H groups in total. The number of carboxylic acid groups (broad SMARTS) is 1. The SMILES string of the molecule is CC(=O)NCC1CCN(c2nc3c(Cl)cccc3cc2C(C)NC(=O)O)C1. The fourth-order valence-corrected chi connectivity index (χ4v) is 3.71. The Balaban J connectivity index is 1.95. The standard InChI is InChI=1S/C19H23ClN4O3/c1-11(22-19(26)27)15-8-14-4-3-5-16(20)17(14)23-18(15)24-7-6-13(10-24)9-21-12(2)25/h3-5,8,11,13,22H,6-7,9-10H2,1-2H3,(H,21,25)(H,26,27). The van der Waals surface area contributed by atoms with E-state index in [1.54, 1.807) is 13.0 Å². The van der Waals surface area contributed by atoms with E-state index in [1.807, 2.05) is 18.2 Å². The molecule has 2 atom stereocenters. The quantitative estimate of drug-likeness (QED) is 0.728. The van der Waals surface area contributed by atoms with Crippen molar-refractivity contribution < 1.29 is 14.7 Å². The molecule has 1 aliphatic rings. The van der Waals surface area contributed by atoms with Crippen molar-refractivity contribution in [2.45, 2.75) is 26.3 Å². The number of fused-ring (bicyclic) bond motifs is 1. The van der Waals surface area contributed by atoms with Gasteiger partial charge in [0.05, 0.1) is 16.6 Å². The van der Waals surface area contributed by atoms with E-state index in [1.165, 1.54) is 6.92 Å². The number of amides is 2. The van der Waals surface area contributed by atoms with E-state index in [9.17, 15) is 9.59 Å². The number of nitrogens with one attached hydrogen (secondary N) is 2. The second-order valence-electron chi connectivity index (χ2n) is 6.92. The van der Waals surface area contributed by atoms with Crippen LogP contribution in [0.5, 0.6) is 0 Å². The summed E-state index contributed by atoms with van der Waals surface area (Å²) in [5.74, 6) is 1.03. The molecule has 2 aromatic rings. The summed E-state index contributed by atoms with van der Waals surface area (Å²) in [5.41, 5.74) is 1.51. The third kappa shape index (κ3) is 4.42. The first-order valence-corrected chi connectivity index (χ1v) is 9.31. The Morgan fingerprint density at radius 1 is 1.44 bits per heavy atom. The lowest BCUT2D eigenvalue weighted by Crippen LogP contribution is -2.31. The summed E-state index contributed by atoms with van der Waals surface area (Å²) in [6.07, 6.45) is -0.146. The van der Waals surface area contributed by atoms with Gasteiger partial charge in [0.15, 0.2) is 0 Å². The minimum absolute atomic E-state index is 0.0379. The Kier molecular flexibility index (Phi) is 5.70. The molecule has 0 aliphatic carbocycles. The lowest BCUT2D eigenvalue weighted by molar-refractivity contribution is -0.119. The summed E-state index contributed by atoms with van der Waals surface area (Å²) in [5, 5.41) is 15.9. The summed E-state index contributed by atoms with van der Waals surface area (Å²) >= 11 is 6.33. The molecule has 8 heteroatoms. The van der Waals surface area contributed by atoms with Gasteiger partial charge in [-0.15, -0.1) is 0 Å². The highest BCUT2D eigenvalue weighted by molar-refractivity contribution is 6.35. The summed E-state index contributed by atoms with van der Waals surface area (Å²) in [4.78, 5) is 29.2. The van der Waals surface area contributed by atoms with E-state index in [0.29, 0.717) is 23.0 Å². The Labute approximate surface area is 162 Å². The van der Waals surface area contributed by atoms with Gasteiger partial charge in [0.1, 0.15) is 5.82 Å². The van der Waals surface area contributed by atoms with Crippen LogP contribution >= 0.6 is 11.6 Å². The van der Waals surface area contributed by atoms with Crippen molar-refractivity contribution >= 4 is 40.3 Å². The molecule has 0 bridgehead atoms. The van der Waals surface area contributed by atoms with E-state index in [0.717, 1.165) is 36.3 Å². The number of anilines is 1. The zero-order chi connectivity index (χ0) is 19.6. The number of halogens is 1. The average Bonchev–Trinajstić information content (AvgIpc) is 3.07. The second-order valence-corrected chi connectivity index (χ2v) is 7.33. The average molecular weight is 391 g/mol. The van der Waals surface area contributed by atoms with E-state index < -0.39 is 12.1 Å². The van der Waals surface area contributed by atoms with E-state index in [4.69, 9.17) is 21.7 Å². The number of para-hydroxylation sites is 1. The molecule has 1 aromatic heterocycles. The molecule has 2 heterocycles. The lowest BCUT2D eigenvalue weighted by Gasteiger charge is -2.24. The van der Waals surface area contributed by atoms with Crippen molar-refractivity contribution in [2.24, 2.45) is 5.92 Å². The first-order valence-electron chi connectivity index (χ1n) is 8.93. The molecule has 2 amide bonds. The number of aromatic nitrogens is 1. The van der Waals surface area contributed by atoms with Crippen LogP contribution < -0.4 is 15.5 Å². The molecule has 1 saturated heterocycles. The van der Waals surface area contributed by atoms with Crippen LogP contribution in [0, 0.1) is 5.92 Å². The molecule has 27 heavy (non-hydrogen) atoms. The van der Waals surface area contributed by atoms with Crippen molar-refractivity contribution in [1.82, 2.24) is 15.6 Å². The van der Waals surface area contributed by atoms with Gasteiger partial charge in [0.2, 0.25) is 5.91 Å². The van der Waals surface area contributed by atoms with Crippen LogP contribution in [0.3, 0.4) is 0 Å². The van der Waals surface area contributed by atoms with Crippen LogP contribution in [0.25, 0.3) is 10.9 Å². The smallest absolute Gasteiger partial charge is 0.405 e. The Morgan fingerprint density at radius 2 is 2.22 bits per heavy atom. The third-order valence-corrected chi connectivity index (χ3v) is 5.14. The van der Waals surface area contributed by atoms with E-state index in [2.05, 4.69) is 15.5 Å². The van der Waals surface area contributed by atoms with Gasteiger partial charge in [0, 0.05) is 37.5 Å². The molecule has 3 rings (SSSR count). The van der Waals surface area contributed by atoms with Crippen molar-refractivity contribution in [3.05, 3.63) is 34.9 Å². The molecular formula is C19H23ClN4O3. The third-order valence-electron chi connectivity index (χ3n) is 4.84. The van der Waals surface area contributed by atoms with Crippen molar-refractivity contribution in [3.8, 4) is 0 Å². The van der Waals surface area contributed by atoms with Crippen LogP contribution in [0.1, 0.15) is 31.9 Å². The highest BCUT2D eigenvalue weighted by Crippen LogP contribution is 2.33. The topological polar surface area (TPSA) is 94.6 Å². The summed E-state index contributed by atoms with van der Waals surface area (Å²) in [7, 11) is 0. The molecule has 7 nitrogen and oxygen atoms in total. The number of hydrogen-bond acceptors (Lipinski definition) is 4. The zero-order valence-corrected chi connectivity index (χ0v) is 16.1. The largest absolute Gasteiger partial charge is 0.465 e. The molecule has 0 spiro atoms. The molecule has 0 radical (unpaired) electrons. The van der Waals surface area contributed by atoms with Gasteiger partial charge in [-0.3, -0.25) is 4.79 Å². The van der Waals surface area contributed by atoms with Crippen molar-refractivity contribution in [1.29, 1.82) is 0 Å². The highest BCUT2D eigenvalue weighted by atomic mass is 35.5. The maximum atomic E-state index is 11.2. The zero-order valence-electron chi connectivity index (χ0n) is 15.3. The van der Waals surface area contributed by atoms with Crippen LogP contribution in [-0.2, 0) is 4.79 Å². The fraction of sp³-hybridized carbons (Fsp3) is 0.421. The maximum absolute atomic E-state index is 11.2. The van der Waals surface area contributed by atoms with Crippen molar-refractivity contribution in [3.63, 3.8) is 0 Å². The number of carbonyl (C=O) groups is 2. The van der Waals surface area contributed by atoms with Gasteiger partial charge in [-0.25, -0.2) is 9.78 Å². The normalized spacial score (nSPS) is 17.7. The summed E-state index contributed by atoms with van der Waals surface area (Å²) in [6, 6.07) is 7.10. The number of rotatable bonds is 5. The predicted molar refractivity (Wildman–Crippen MR) is 105 cm³/mol. The molecule has 1 aliphatic heterocycles. The van der Waals surface area contributed by atoms with Crippen LogP contribution in [0.2, 0.25) is 5.02 Å². The molecule has 1 fully saturated rings.